The number of rotatable bonds is 2. The molecule has 1 aliphatic rings. The molecule has 134 valence electrons. The highest BCUT2D eigenvalue weighted by Crippen LogP contribution is 2.28. The highest BCUT2D eigenvalue weighted by molar-refractivity contribution is 6.07. The molecule has 0 aliphatic carbocycles. The lowest BCUT2D eigenvalue weighted by Crippen LogP contribution is -2.36. The molecular formula is C21H18N4O2. The minimum Gasteiger partial charge on any atom is -0.339 e. The van der Waals surface area contributed by atoms with E-state index in [1.165, 1.54) is 4.68 Å². The van der Waals surface area contributed by atoms with Crippen LogP contribution in [0.3, 0.4) is 0 Å². The molecule has 1 amide bonds. The number of para-hydroxylation sites is 2. The third-order valence-corrected chi connectivity index (χ3v) is 5.38. The van der Waals surface area contributed by atoms with Crippen LogP contribution in [0.15, 0.2) is 59.5 Å². The summed E-state index contributed by atoms with van der Waals surface area (Å²) in [5, 5.41) is 6.09. The van der Waals surface area contributed by atoms with Gasteiger partial charge in [0.2, 0.25) is 5.91 Å². The van der Waals surface area contributed by atoms with E-state index in [0.29, 0.717) is 12.1 Å². The van der Waals surface area contributed by atoms with Crippen LogP contribution in [0.2, 0.25) is 0 Å². The van der Waals surface area contributed by atoms with Crippen LogP contribution < -0.4 is 10.5 Å². The molecule has 2 aromatic carbocycles. The van der Waals surface area contributed by atoms with Crippen LogP contribution in [0.25, 0.3) is 21.8 Å². The molecule has 0 spiro atoms. The fourth-order valence-corrected chi connectivity index (χ4v) is 4.04. The summed E-state index contributed by atoms with van der Waals surface area (Å²) >= 11 is 0. The molecule has 0 saturated heterocycles. The summed E-state index contributed by atoms with van der Waals surface area (Å²) in [7, 11) is 1.87. The lowest BCUT2D eigenvalue weighted by Gasteiger charge is -2.17. The predicted octanol–water partition coefficient (Wildman–Crippen LogP) is 2.48. The summed E-state index contributed by atoms with van der Waals surface area (Å²) in [5.41, 5.74) is 3.40. The Hall–Kier alpha value is -3.41. The second-order valence-corrected chi connectivity index (χ2v) is 6.87. The van der Waals surface area contributed by atoms with Gasteiger partial charge >= 0.3 is 0 Å². The summed E-state index contributed by atoms with van der Waals surface area (Å²) in [6.07, 6.45) is 2.52. The first-order valence-electron chi connectivity index (χ1n) is 8.96. The van der Waals surface area contributed by atoms with Crippen LogP contribution in [-0.4, -0.2) is 26.8 Å². The molecule has 2 aromatic heterocycles. The third-order valence-electron chi connectivity index (χ3n) is 5.38. The first-order chi connectivity index (χ1) is 13.1. The van der Waals surface area contributed by atoms with Crippen molar-refractivity contribution in [2.75, 3.05) is 11.4 Å². The Morgan fingerprint density at radius 1 is 1.07 bits per heavy atom. The molecule has 4 aromatic rings. The number of anilines is 1. The van der Waals surface area contributed by atoms with Gasteiger partial charge in [-0.1, -0.05) is 36.4 Å². The van der Waals surface area contributed by atoms with E-state index in [0.717, 1.165) is 34.0 Å². The predicted molar refractivity (Wildman–Crippen MR) is 105 cm³/mol. The normalized spacial score (nSPS) is 13.4. The van der Waals surface area contributed by atoms with E-state index in [4.69, 9.17) is 0 Å². The number of aromatic nitrogens is 3. The maximum Gasteiger partial charge on any atom is 0.291 e. The van der Waals surface area contributed by atoms with Crippen LogP contribution in [0, 0.1) is 0 Å². The first kappa shape index (κ1) is 15.8. The van der Waals surface area contributed by atoms with Gasteiger partial charge in [-0.25, -0.2) is 4.68 Å². The van der Waals surface area contributed by atoms with E-state index in [-0.39, 0.29) is 18.0 Å². The number of aryl methyl sites for hydroxylation is 1. The van der Waals surface area contributed by atoms with Crippen LogP contribution in [0.5, 0.6) is 0 Å². The maximum atomic E-state index is 13.0. The number of fused-ring (bicyclic) bond motifs is 4. The number of carbonyl (C=O) groups excluding carboxylic acids is 1. The molecule has 0 fully saturated rings. The van der Waals surface area contributed by atoms with Crippen molar-refractivity contribution in [3.63, 3.8) is 0 Å². The second-order valence-electron chi connectivity index (χ2n) is 6.87. The van der Waals surface area contributed by atoms with Crippen molar-refractivity contribution in [3.8, 4) is 0 Å². The Balaban J connectivity index is 1.56. The number of hydrogen-bond donors (Lipinski definition) is 0. The lowest BCUT2D eigenvalue weighted by molar-refractivity contribution is -0.119. The molecule has 6 nitrogen and oxygen atoms in total. The highest BCUT2D eigenvalue weighted by atomic mass is 16.2. The monoisotopic (exact) mass is 358 g/mol. The molecule has 0 bridgehead atoms. The number of benzene rings is 2. The Morgan fingerprint density at radius 3 is 2.74 bits per heavy atom. The molecule has 0 radical (unpaired) electrons. The summed E-state index contributed by atoms with van der Waals surface area (Å²) in [6.45, 7) is 0.577. The van der Waals surface area contributed by atoms with Crippen LogP contribution >= 0.6 is 0 Å². The topological polar surface area (TPSA) is 60.1 Å². The molecule has 27 heavy (non-hydrogen) atoms. The fraction of sp³-hybridized carbons (Fsp3) is 0.190. The van der Waals surface area contributed by atoms with Crippen molar-refractivity contribution in [3.05, 3.63) is 70.6 Å². The summed E-state index contributed by atoms with van der Waals surface area (Å²) in [5.74, 6) is -0.118. The highest BCUT2D eigenvalue weighted by Gasteiger charge is 2.25. The van der Waals surface area contributed by atoms with Gasteiger partial charge in [-0.15, -0.1) is 0 Å². The average Bonchev–Trinajstić information content (AvgIpc) is 3.24. The van der Waals surface area contributed by atoms with E-state index in [9.17, 15) is 9.59 Å². The van der Waals surface area contributed by atoms with Gasteiger partial charge in [-0.2, -0.15) is 5.10 Å². The number of nitrogens with zero attached hydrogens (tertiary/aromatic N) is 4. The zero-order chi connectivity index (χ0) is 18.5. The van der Waals surface area contributed by atoms with Crippen molar-refractivity contribution in [2.45, 2.75) is 13.0 Å². The fourth-order valence-electron chi connectivity index (χ4n) is 4.04. The molecule has 0 atom stereocenters. The minimum absolute atomic E-state index is 0.0648. The van der Waals surface area contributed by atoms with E-state index in [1.54, 1.807) is 11.1 Å². The lowest BCUT2D eigenvalue weighted by atomic mass is 10.2. The standard InChI is InChI=1S/C21H18N4O2/c1-23-18-9-5-3-7-15(18)16-12-22-25(21(27)20(16)23)13-19(26)24-11-10-14-6-2-4-8-17(14)24/h2-9,12H,10-11,13H2,1H3. The Morgan fingerprint density at radius 2 is 1.85 bits per heavy atom. The van der Waals surface area contributed by atoms with Crippen molar-refractivity contribution in [1.29, 1.82) is 0 Å². The summed E-state index contributed by atoms with van der Waals surface area (Å²) in [4.78, 5) is 27.6. The smallest absolute Gasteiger partial charge is 0.291 e. The van der Waals surface area contributed by atoms with Crippen LogP contribution in [0.1, 0.15) is 5.56 Å². The average molecular weight is 358 g/mol. The summed E-state index contributed by atoms with van der Waals surface area (Å²) in [6, 6.07) is 15.7. The molecule has 0 N–H and O–H groups in total. The number of hydrogen-bond acceptors (Lipinski definition) is 3. The second kappa shape index (κ2) is 5.81. The Labute approximate surface area is 155 Å². The minimum atomic E-state index is -0.243. The van der Waals surface area contributed by atoms with Gasteiger partial charge in [0.05, 0.1) is 6.20 Å². The van der Waals surface area contributed by atoms with Gasteiger partial charge in [0, 0.05) is 35.6 Å². The van der Waals surface area contributed by atoms with Crippen molar-refractivity contribution in [1.82, 2.24) is 14.3 Å². The van der Waals surface area contributed by atoms with Gasteiger partial charge in [-0.05, 0) is 24.1 Å². The number of amides is 1. The van der Waals surface area contributed by atoms with Gasteiger partial charge in [0.15, 0.2) is 0 Å². The molecule has 0 saturated carbocycles. The van der Waals surface area contributed by atoms with Gasteiger partial charge in [0.25, 0.3) is 5.56 Å². The Bertz CT molecular complexity index is 1270. The van der Waals surface area contributed by atoms with Gasteiger partial charge in [-0.3, -0.25) is 9.59 Å². The van der Waals surface area contributed by atoms with Crippen molar-refractivity contribution in [2.24, 2.45) is 7.05 Å². The van der Waals surface area contributed by atoms with E-state index in [2.05, 4.69) is 5.10 Å². The van der Waals surface area contributed by atoms with Gasteiger partial charge < -0.3 is 9.47 Å². The Kier molecular flexibility index (Phi) is 3.40. The SMILES string of the molecule is Cn1c2ccccc2c2cnn(CC(=O)N3CCc4ccccc43)c(=O)c21. The van der Waals surface area contributed by atoms with Crippen molar-refractivity contribution < 1.29 is 4.79 Å². The van der Waals surface area contributed by atoms with Gasteiger partial charge in [0.1, 0.15) is 12.1 Å². The zero-order valence-corrected chi connectivity index (χ0v) is 14.9. The quantitative estimate of drug-likeness (QED) is 0.553. The van der Waals surface area contributed by atoms with E-state index < -0.39 is 0 Å². The molecule has 3 heterocycles. The van der Waals surface area contributed by atoms with Crippen LogP contribution in [-0.2, 0) is 24.8 Å². The summed E-state index contributed by atoms with van der Waals surface area (Å²) < 4.78 is 3.14. The maximum absolute atomic E-state index is 13.0. The largest absolute Gasteiger partial charge is 0.339 e. The molecule has 1 aliphatic heterocycles. The zero-order valence-electron chi connectivity index (χ0n) is 14.9. The van der Waals surface area contributed by atoms with Crippen molar-refractivity contribution >= 4 is 33.4 Å². The third kappa shape index (κ3) is 2.30. The van der Waals surface area contributed by atoms with Crippen LogP contribution in [0.4, 0.5) is 5.69 Å². The molecular weight excluding hydrogens is 340 g/mol. The molecule has 6 heteroatoms. The first-order valence-corrected chi connectivity index (χ1v) is 8.96. The van der Waals surface area contributed by atoms with E-state index in [1.807, 2.05) is 60.1 Å². The van der Waals surface area contributed by atoms with E-state index >= 15 is 0 Å². The molecule has 0 unspecified atom stereocenters. The number of carbonyl (C=O) groups is 1. The molecule has 5 rings (SSSR count).